The highest BCUT2D eigenvalue weighted by molar-refractivity contribution is 5.94. The number of nitrogens with one attached hydrogen (secondary N) is 2. The summed E-state index contributed by atoms with van der Waals surface area (Å²) in [5.41, 5.74) is 0.317. The number of hydrogen-bond donors (Lipinski definition) is 2. The summed E-state index contributed by atoms with van der Waals surface area (Å²) in [6.45, 7) is 3.74. The Morgan fingerprint density at radius 1 is 1.52 bits per heavy atom. The van der Waals surface area contributed by atoms with E-state index in [1.165, 1.54) is 32.1 Å². The van der Waals surface area contributed by atoms with Crippen molar-refractivity contribution >= 4 is 5.91 Å². The fourth-order valence-electron chi connectivity index (χ4n) is 2.86. The van der Waals surface area contributed by atoms with Crippen molar-refractivity contribution in [2.75, 3.05) is 20.2 Å². The molecule has 1 saturated heterocycles. The Balaban J connectivity index is 1.93. The first kappa shape index (κ1) is 15.8. The van der Waals surface area contributed by atoms with Crippen molar-refractivity contribution in [2.45, 2.75) is 32.2 Å². The van der Waals surface area contributed by atoms with Gasteiger partial charge in [-0.25, -0.2) is 4.39 Å². The number of ether oxygens (including phenoxy) is 1. The Bertz CT molecular complexity index is 493. The topological polar surface area (TPSA) is 50.4 Å². The molecule has 0 saturated carbocycles. The van der Waals surface area contributed by atoms with Crippen LogP contribution in [-0.2, 0) is 0 Å². The fourth-order valence-corrected chi connectivity index (χ4v) is 2.86. The molecule has 0 spiro atoms. The predicted molar refractivity (Wildman–Crippen MR) is 80.1 cm³/mol. The second-order valence-corrected chi connectivity index (χ2v) is 5.43. The number of piperidine rings is 1. The number of carbonyl (C=O) groups is 1. The molecule has 5 heteroatoms. The largest absolute Gasteiger partial charge is 0.494 e. The Labute approximate surface area is 125 Å². The smallest absolute Gasteiger partial charge is 0.251 e. The lowest BCUT2D eigenvalue weighted by Gasteiger charge is -2.32. The molecule has 2 rings (SSSR count). The van der Waals surface area contributed by atoms with Crippen LogP contribution in [0.25, 0.3) is 0 Å². The standard InChI is InChI=1S/C16H23FN2O2/c1-3-11-5-4-8-18-14(11)10-19-16(20)12-6-7-15(21-2)13(17)9-12/h6-7,9,11,14,18H,3-5,8,10H2,1-2H3,(H,19,20). The van der Waals surface area contributed by atoms with Gasteiger partial charge in [0.2, 0.25) is 0 Å². The maximum atomic E-state index is 13.6. The van der Waals surface area contributed by atoms with Gasteiger partial charge in [0.15, 0.2) is 11.6 Å². The molecule has 1 aliphatic rings. The van der Waals surface area contributed by atoms with Crippen molar-refractivity contribution in [3.8, 4) is 5.75 Å². The van der Waals surface area contributed by atoms with Gasteiger partial charge in [0, 0.05) is 18.2 Å². The lowest BCUT2D eigenvalue weighted by molar-refractivity contribution is 0.0941. The zero-order valence-electron chi connectivity index (χ0n) is 12.6. The summed E-state index contributed by atoms with van der Waals surface area (Å²) in [4.78, 5) is 12.1. The average molecular weight is 294 g/mol. The van der Waals surface area contributed by atoms with Gasteiger partial charge in [0.25, 0.3) is 5.91 Å². The molecule has 1 amide bonds. The third-order valence-corrected chi connectivity index (χ3v) is 4.15. The third-order valence-electron chi connectivity index (χ3n) is 4.15. The van der Waals surface area contributed by atoms with E-state index in [1.54, 1.807) is 6.07 Å². The zero-order chi connectivity index (χ0) is 15.2. The van der Waals surface area contributed by atoms with E-state index in [1.807, 2.05) is 0 Å². The van der Waals surface area contributed by atoms with Crippen LogP contribution in [0, 0.1) is 11.7 Å². The van der Waals surface area contributed by atoms with Gasteiger partial charge in [-0.05, 0) is 43.5 Å². The SMILES string of the molecule is CCC1CCCNC1CNC(=O)c1ccc(OC)c(F)c1. The molecule has 0 radical (unpaired) electrons. The maximum Gasteiger partial charge on any atom is 0.251 e. The molecule has 4 nitrogen and oxygen atoms in total. The number of methoxy groups -OCH3 is 1. The Kier molecular flexibility index (Phi) is 5.56. The van der Waals surface area contributed by atoms with Gasteiger partial charge in [-0.2, -0.15) is 0 Å². The number of amides is 1. The summed E-state index contributed by atoms with van der Waals surface area (Å²) in [6.07, 6.45) is 3.48. The second kappa shape index (κ2) is 7.41. The number of rotatable bonds is 5. The Morgan fingerprint density at radius 3 is 3.00 bits per heavy atom. The van der Waals surface area contributed by atoms with Crippen LogP contribution in [0.3, 0.4) is 0 Å². The molecule has 0 bridgehead atoms. The van der Waals surface area contributed by atoms with Gasteiger partial charge in [0.1, 0.15) is 0 Å². The molecule has 116 valence electrons. The van der Waals surface area contributed by atoms with Crippen molar-refractivity contribution < 1.29 is 13.9 Å². The van der Waals surface area contributed by atoms with Crippen molar-refractivity contribution in [2.24, 2.45) is 5.92 Å². The van der Waals surface area contributed by atoms with Gasteiger partial charge in [-0.1, -0.05) is 13.3 Å². The Morgan fingerprint density at radius 2 is 2.33 bits per heavy atom. The van der Waals surface area contributed by atoms with E-state index in [0.717, 1.165) is 13.0 Å². The van der Waals surface area contributed by atoms with Crippen LogP contribution in [-0.4, -0.2) is 32.1 Å². The molecule has 0 aromatic heterocycles. The zero-order valence-corrected chi connectivity index (χ0v) is 12.6. The molecule has 1 aliphatic heterocycles. The third kappa shape index (κ3) is 3.94. The van der Waals surface area contributed by atoms with Crippen LogP contribution in [0.4, 0.5) is 4.39 Å². The van der Waals surface area contributed by atoms with Crippen molar-refractivity contribution in [3.63, 3.8) is 0 Å². The van der Waals surface area contributed by atoms with Crippen molar-refractivity contribution in [1.82, 2.24) is 10.6 Å². The van der Waals surface area contributed by atoms with E-state index in [2.05, 4.69) is 17.6 Å². The molecule has 2 N–H and O–H groups in total. The first-order valence-electron chi connectivity index (χ1n) is 7.50. The number of halogens is 1. The maximum absolute atomic E-state index is 13.6. The molecule has 2 unspecified atom stereocenters. The van der Waals surface area contributed by atoms with Crippen LogP contribution in [0.5, 0.6) is 5.75 Å². The van der Waals surface area contributed by atoms with E-state index in [-0.39, 0.29) is 11.7 Å². The molecule has 1 aromatic carbocycles. The van der Waals surface area contributed by atoms with Crippen LogP contribution in [0.15, 0.2) is 18.2 Å². The summed E-state index contributed by atoms with van der Waals surface area (Å²) < 4.78 is 18.5. The van der Waals surface area contributed by atoms with Gasteiger partial charge in [-0.3, -0.25) is 4.79 Å². The van der Waals surface area contributed by atoms with Gasteiger partial charge < -0.3 is 15.4 Å². The lowest BCUT2D eigenvalue weighted by Crippen LogP contribution is -2.48. The summed E-state index contributed by atoms with van der Waals surface area (Å²) in [5, 5.41) is 6.34. The molecule has 2 atom stereocenters. The minimum Gasteiger partial charge on any atom is -0.494 e. The number of hydrogen-bond acceptors (Lipinski definition) is 3. The summed E-state index contributed by atoms with van der Waals surface area (Å²) >= 11 is 0. The quantitative estimate of drug-likeness (QED) is 0.876. The van der Waals surface area contributed by atoms with E-state index < -0.39 is 5.82 Å². The summed E-state index contributed by atoms with van der Waals surface area (Å²) in [7, 11) is 1.40. The van der Waals surface area contributed by atoms with Crippen LogP contribution in [0.2, 0.25) is 0 Å². The number of benzene rings is 1. The van der Waals surface area contributed by atoms with E-state index in [4.69, 9.17) is 4.74 Å². The monoisotopic (exact) mass is 294 g/mol. The Hall–Kier alpha value is -1.62. The highest BCUT2D eigenvalue weighted by Gasteiger charge is 2.23. The van der Waals surface area contributed by atoms with Crippen LogP contribution < -0.4 is 15.4 Å². The number of carbonyl (C=O) groups excluding carboxylic acids is 1. The molecule has 1 heterocycles. The molecular formula is C16H23FN2O2. The van der Waals surface area contributed by atoms with Crippen molar-refractivity contribution in [3.05, 3.63) is 29.6 Å². The van der Waals surface area contributed by atoms with Crippen LogP contribution >= 0.6 is 0 Å². The van der Waals surface area contributed by atoms with Gasteiger partial charge >= 0.3 is 0 Å². The van der Waals surface area contributed by atoms with E-state index in [9.17, 15) is 9.18 Å². The lowest BCUT2D eigenvalue weighted by atomic mass is 9.88. The normalized spacial score (nSPS) is 21.9. The minimum atomic E-state index is -0.521. The fraction of sp³-hybridized carbons (Fsp3) is 0.562. The highest BCUT2D eigenvalue weighted by Crippen LogP contribution is 2.20. The molecule has 21 heavy (non-hydrogen) atoms. The molecule has 1 aromatic rings. The van der Waals surface area contributed by atoms with Gasteiger partial charge in [-0.15, -0.1) is 0 Å². The summed E-state index contributed by atoms with van der Waals surface area (Å²) in [5.74, 6) is -0.0376. The molecular weight excluding hydrogens is 271 g/mol. The molecule has 1 fully saturated rings. The first-order chi connectivity index (χ1) is 10.2. The highest BCUT2D eigenvalue weighted by atomic mass is 19.1. The second-order valence-electron chi connectivity index (χ2n) is 5.43. The van der Waals surface area contributed by atoms with Gasteiger partial charge in [0.05, 0.1) is 7.11 Å². The van der Waals surface area contributed by atoms with E-state index in [0.29, 0.717) is 24.1 Å². The summed E-state index contributed by atoms with van der Waals surface area (Å²) in [6, 6.07) is 4.55. The predicted octanol–water partition coefficient (Wildman–Crippen LogP) is 2.34. The van der Waals surface area contributed by atoms with E-state index >= 15 is 0 Å². The minimum absolute atomic E-state index is 0.145. The molecule has 0 aliphatic carbocycles. The first-order valence-corrected chi connectivity index (χ1v) is 7.50. The van der Waals surface area contributed by atoms with Crippen molar-refractivity contribution in [1.29, 1.82) is 0 Å². The van der Waals surface area contributed by atoms with Crippen LogP contribution in [0.1, 0.15) is 36.5 Å². The average Bonchev–Trinajstić information content (AvgIpc) is 2.52.